The SMILES string of the molecule is CN1CCCC(N(C)CC2(CS)CCC2)C1. The zero-order valence-electron chi connectivity index (χ0n) is 10.8. The summed E-state index contributed by atoms with van der Waals surface area (Å²) in [6, 6.07) is 0.774. The third-order valence-electron chi connectivity index (χ3n) is 4.56. The van der Waals surface area contributed by atoms with E-state index in [-0.39, 0.29) is 0 Å². The average Bonchev–Trinajstić information content (AvgIpc) is 2.23. The lowest BCUT2D eigenvalue weighted by atomic mass is 9.70. The van der Waals surface area contributed by atoms with Gasteiger partial charge < -0.3 is 9.80 Å². The van der Waals surface area contributed by atoms with Crippen molar-refractivity contribution in [2.24, 2.45) is 5.41 Å². The largest absolute Gasteiger partial charge is 0.305 e. The fourth-order valence-electron chi connectivity index (χ4n) is 3.20. The zero-order valence-corrected chi connectivity index (χ0v) is 11.7. The van der Waals surface area contributed by atoms with E-state index < -0.39 is 0 Å². The molecule has 0 N–H and O–H groups in total. The minimum absolute atomic E-state index is 0.549. The van der Waals surface area contributed by atoms with Crippen molar-refractivity contribution in [2.45, 2.75) is 38.1 Å². The summed E-state index contributed by atoms with van der Waals surface area (Å²) in [7, 11) is 4.56. The van der Waals surface area contributed by atoms with E-state index in [2.05, 4.69) is 36.5 Å². The molecule has 1 heterocycles. The molecule has 0 amide bonds. The van der Waals surface area contributed by atoms with Gasteiger partial charge in [0.15, 0.2) is 0 Å². The standard InChI is InChI=1S/C13H26N2S/c1-14-8-3-5-12(9-14)15(2)10-13(11-16)6-4-7-13/h12,16H,3-11H2,1-2H3. The molecule has 1 aliphatic carbocycles. The van der Waals surface area contributed by atoms with E-state index in [1.54, 1.807) is 0 Å². The summed E-state index contributed by atoms with van der Waals surface area (Å²) < 4.78 is 0. The van der Waals surface area contributed by atoms with E-state index in [1.807, 2.05) is 0 Å². The zero-order chi connectivity index (χ0) is 11.6. The van der Waals surface area contributed by atoms with Crippen LogP contribution in [0.15, 0.2) is 0 Å². The van der Waals surface area contributed by atoms with Gasteiger partial charge in [0.05, 0.1) is 0 Å². The molecule has 2 rings (SSSR count). The van der Waals surface area contributed by atoms with Crippen molar-refractivity contribution in [3.05, 3.63) is 0 Å². The van der Waals surface area contributed by atoms with E-state index in [1.165, 1.54) is 51.7 Å². The van der Waals surface area contributed by atoms with Crippen LogP contribution >= 0.6 is 12.6 Å². The van der Waals surface area contributed by atoms with Gasteiger partial charge in [-0.05, 0) is 57.5 Å². The van der Waals surface area contributed by atoms with Crippen LogP contribution in [0.2, 0.25) is 0 Å². The normalized spacial score (nSPS) is 30.4. The highest BCUT2D eigenvalue weighted by Crippen LogP contribution is 2.42. The minimum atomic E-state index is 0.549. The van der Waals surface area contributed by atoms with Gasteiger partial charge in [0.25, 0.3) is 0 Å². The summed E-state index contributed by atoms with van der Waals surface area (Å²) in [5.41, 5.74) is 0.549. The predicted molar refractivity (Wildman–Crippen MR) is 73.3 cm³/mol. The average molecular weight is 242 g/mol. The molecular formula is C13H26N2S. The Bertz CT molecular complexity index is 222. The van der Waals surface area contributed by atoms with Crippen LogP contribution in [0.5, 0.6) is 0 Å². The Morgan fingerprint density at radius 3 is 2.62 bits per heavy atom. The van der Waals surface area contributed by atoms with E-state index in [0.29, 0.717) is 5.41 Å². The van der Waals surface area contributed by atoms with Crippen LogP contribution in [-0.2, 0) is 0 Å². The van der Waals surface area contributed by atoms with Crippen LogP contribution in [0.4, 0.5) is 0 Å². The van der Waals surface area contributed by atoms with Gasteiger partial charge in [0, 0.05) is 19.1 Å². The summed E-state index contributed by atoms with van der Waals surface area (Å²) >= 11 is 4.55. The molecule has 1 aliphatic heterocycles. The highest BCUT2D eigenvalue weighted by molar-refractivity contribution is 7.80. The third kappa shape index (κ3) is 2.74. The lowest BCUT2D eigenvalue weighted by Crippen LogP contribution is -2.50. The molecule has 1 saturated carbocycles. The van der Waals surface area contributed by atoms with Crippen molar-refractivity contribution in [2.75, 3.05) is 39.5 Å². The molecular weight excluding hydrogens is 216 g/mol. The van der Waals surface area contributed by atoms with Gasteiger partial charge in [-0.15, -0.1) is 0 Å². The smallest absolute Gasteiger partial charge is 0.0220 e. The summed E-state index contributed by atoms with van der Waals surface area (Å²) in [5.74, 6) is 1.07. The lowest BCUT2D eigenvalue weighted by molar-refractivity contribution is 0.0554. The van der Waals surface area contributed by atoms with Gasteiger partial charge in [-0.1, -0.05) is 6.42 Å². The molecule has 1 atom stereocenters. The maximum Gasteiger partial charge on any atom is 0.0220 e. The number of thiol groups is 1. The number of hydrogen-bond donors (Lipinski definition) is 1. The van der Waals surface area contributed by atoms with Crippen LogP contribution < -0.4 is 0 Å². The Labute approximate surface area is 106 Å². The number of hydrogen-bond acceptors (Lipinski definition) is 3. The van der Waals surface area contributed by atoms with Crippen LogP contribution in [0.25, 0.3) is 0 Å². The van der Waals surface area contributed by atoms with Gasteiger partial charge in [-0.2, -0.15) is 12.6 Å². The first kappa shape index (κ1) is 12.7. The van der Waals surface area contributed by atoms with Crippen LogP contribution in [0.3, 0.4) is 0 Å². The minimum Gasteiger partial charge on any atom is -0.305 e. The first-order valence-corrected chi connectivity index (χ1v) is 7.28. The van der Waals surface area contributed by atoms with Gasteiger partial charge in [0.2, 0.25) is 0 Å². The molecule has 2 fully saturated rings. The molecule has 0 spiro atoms. The van der Waals surface area contributed by atoms with E-state index in [0.717, 1.165) is 11.8 Å². The third-order valence-corrected chi connectivity index (χ3v) is 5.23. The molecule has 0 radical (unpaired) electrons. The molecule has 0 aromatic carbocycles. The van der Waals surface area contributed by atoms with Gasteiger partial charge in [-0.25, -0.2) is 0 Å². The number of piperidine rings is 1. The molecule has 16 heavy (non-hydrogen) atoms. The molecule has 2 aliphatic rings. The van der Waals surface area contributed by atoms with E-state index in [9.17, 15) is 0 Å². The molecule has 0 bridgehead atoms. The van der Waals surface area contributed by atoms with Crippen molar-refractivity contribution in [1.29, 1.82) is 0 Å². The molecule has 0 aromatic heterocycles. The molecule has 2 nitrogen and oxygen atoms in total. The predicted octanol–water partition coefficient (Wildman–Crippen LogP) is 2.11. The highest BCUT2D eigenvalue weighted by atomic mass is 32.1. The van der Waals surface area contributed by atoms with Crippen molar-refractivity contribution in [3.63, 3.8) is 0 Å². The Kier molecular flexibility index (Phi) is 4.20. The number of likely N-dealkylation sites (tertiary alicyclic amines) is 1. The van der Waals surface area contributed by atoms with Crippen molar-refractivity contribution < 1.29 is 0 Å². The maximum absolute atomic E-state index is 4.55. The van der Waals surface area contributed by atoms with Crippen LogP contribution in [0.1, 0.15) is 32.1 Å². The van der Waals surface area contributed by atoms with Crippen LogP contribution in [0, 0.1) is 5.41 Å². The first-order chi connectivity index (χ1) is 7.65. The number of rotatable bonds is 4. The number of nitrogens with zero attached hydrogens (tertiary/aromatic N) is 2. The van der Waals surface area contributed by atoms with Crippen LogP contribution in [-0.4, -0.2) is 55.3 Å². The Balaban J connectivity index is 1.84. The van der Waals surface area contributed by atoms with Gasteiger partial charge in [-0.3, -0.25) is 0 Å². The summed E-state index contributed by atoms with van der Waals surface area (Å²) in [6.07, 6.45) is 6.94. The highest BCUT2D eigenvalue weighted by Gasteiger charge is 2.37. The lowest BCUT2D eigenvalue weighted by Gasteiger charge is -2.46. The summed E-state index contributed by atoms with van der Waals surface area (Å²) in [6.45, 7) is 3.79. The molecule has 3 heteroatoms. The van der Waals surface area contributed by atoms with Gasteiger partial charge >= 0.3 is 0 Å². The van der Waals surface area contributed by atoms with Crippen molar-refractivity contribution in [3.8, 4) is 0 Å². The van der Waals surface area contributed by atoms with Crippen molar-refractivity contribution in [1.82, 2.24) is 9.80 Å². The van der Waals surface area contributed by atoms with E-state index in [4.69, 9.17) is 0 Å². The second kappa shape index (κ2) is 5.28. The Hall–Kier alpha value is 0.270. The summed E-state index contributed by atoms with van der Waals surface area (Å²) in [5, 5.41) is 0. The second-order valence-electron chi connectivity index (χ2n) is 5.99. The quantitative estimate of drug-likeness (QED) is 0.754. The first-order valence-electron chi connectivity index (χ1n) is 6.65. The fourth-order valence-corrected chi connectivity index (χ4v) is 3.62. The Morgan fingerprint density at radius 2 is 2.12 bits per heavy atom. The Morgan fingerprint density at radius 1 is 1.38 bits per heavy atom. The van der Waals surface area contributed by atoms with Gasteiger partial charge in [0.1, 0.15) is 0 Å². The van der Waals surface area contributed by atoms with E-state index >= 15 is 0 Å². The maximum atomic E-state index is 4.55. The van der Waals surface area contributed by atoms with Crippen molar-refractivity contribution >= 4 is 12.6 Å². The molecule has 0 aromatic rings. The fraction of sp³-hybridized carbons (Fsp3) is 1.00. The molecule has 94 valence electrons. The summed E-state index contributed by atoms with van der Waals surface area (Å²) in [4.78, 5) is 5.07. The topological polar surface area (TPSA) is 6.48 Å². The molecule has 1 unspecified atom stereocenters. The second-order valence-corrected chi connectivity index (χ2v) is 6.30. The monoisotopic (exact) mass is 242 g/mol. The molecule has 1 saturated heterocycles. The number of likely N-dealkylation sites (N-methyl/N-ethyl adjacent to an activating group) is 2.